The van der Waals surface area contributed by atoms with Crippen molar-refractivity contribution in [2.24, 2.45) is 5.92 Å². The van der Waals surface area contributed by atoms with Crippen molar-refractivity contribution < 1.29 is 9.59 Å². The van der Waals surface area contributed by atoms with Crippen molar-refractivity contribution in [2.45, 2.75) is 19.5 Å². The number of rotatable bonds is 6. The number of nitrogens with zero attached hydrogens (tertiary/aromatic N) is 3. The van der Waals surface area contributed by atoms with Crippen LogP contribution in [0.3, 0.4) is 0 Å². The Labute approximate surface area is 151 Å². The van der Waals surface area contributed by atoms with Gasteiger partial charge in [-0.2, -0.15) is 0 Å². The lowest BCUT2D eigenvalue weighted by Crippen LogP contribution is -2.27. The number of amides is 2. The van der Waals surface area contributed by atoms with E-state index in [9.17, 15) is 9.59 Å². The summed E-state index contributed by atoms with van der Waals surface area (Å²) < 4.78 is 1.41. The van der Waals surface area contributed by atoms with Crippen LogP contribution in [0.15, 0.2) is 36.7 Å². The molecule has 2 amide bonds. The van der Waals surface area contributed by atoms with Crippen molar-refractivity contribution in [2.75, 3.05) is 18.4 Å². The molecule has 1 saturated heterocycles. The fourth-order valence-electron chi connectivity index (χ4n) is 2.52. The molecule has 9 heteroatoms. The summed E-state index contributed by atoms with van der Waals surface area (Å²) in [5.74, 6) is -0.0817. The third-order valence-corrected chi connectivity index (χ3v) is 3.84. The average molecular weight is 365 g/mol. The maximum Gasteiger partial charge on any atom is 0.248 e. The molecule has 1 aromatic heterocycles. The van der Waals surface area contributed by atoms with Crippen molar-refractivity contribution in [3.63, 3.8) is 0 Å². The summed E-state index contributed by atoms with van der Waals surface area (Å²) in [5.41, 5.74) is 1.03. The molecular formula is C16H21ClN6O2. The summed E-state index contributed by atoms with van der Waals surface area (Å²) in [6.07, 6.45) is 2.25. The van der Waals surface area contributed by atoms with Crippen molar-refractivity contribution in [1.29, 1.82) is 0 Å². The quantitative estimate of drug-likeness (QED) is 0.695. The predicted molar refractivity (Wildman–Crippen MR) is 95.2 cm³/mol. The number of anilines is 1. The first-order chi connectivity index (χ1) is 11.7. The Hall–Kier alpha value is -2.45. The minimum atomic E-state index is -0.165. The molecule has 0 saturated carbocycles. The molecule has 134 valence electrons. The molecule has 1 atom stereocenters. The Morgan fingerprint density at radius 3 is 2.80 bits per heavy atom. The number of nitrogens with one attached hydrogen (secondary N) is 3. The SMILES string of the molecule is Cl.O=C(Cn1cnc(NC(=O)C2CCNC2)n1)NCc1ccccc1. The Morgan fingerprint density at radius 1 is 1.28 bits per heavy atom. The maximum atomic E-state index is 12.0. The summed E-state index contributed by atoms with van der Waals surface area (Å²) in [4.78, 5) is 27.9. The Morgan fingerprint density at radius 2 is 2.08 bits per heavy atom. The Balaban J connectivity index is 0.00000225. The maximum absolute atomic E-state index is 12.0. The molecule has 2 aromatic rings. The first-order valence-electron chi connectivity index (χ1n) is 7.92. The molecule has 1 fully saturated rings. The van der Waals surface area contributed by atoms with Gasteiger partial charge in [0.25, 0.3) is 0 Å². The van der Waals surface area contributed by atoms with Gasteiger partial charge in [-0.1, -0.05) is 30.3 Å². The lowest BCUT2D eigenvalue weighted by Gasteiger charge is -2.06. The summed E-state index contributed by atoms with van der Waals surface area (Å²) >= 11 is 0. The number of halogens is 1. The Bertz CT molecular complexity index is 700. The number of benzene rings is 1. The van der Waals surface area contributed by atoms with E-state index in [1.807, 2.05) is 30.3 Å². The second-order valence-corrected chi connectivity index (χ2v) is 5.71. The zero-order valence-corrected chi connectivity index (χ0v) is 14.5. The van der Waals surface area contributed by atoms with Crippen molar-refractivity contribution >= 4 is 30.2 Å². The highest BCUT2D eigenvalue weighted by Gasteiger charge is 2.23. The van der Waals surface area contributed by atoms with Crippen molar-refractivity contribution in [3.05, 3.63) is 42.2 Å². The van der Waals surface area contributed by atoms with Gasteiger partial charge in [0.1, 0.15) is 12.9 Å². The average Bonchev–Trinajstić information content (AvgIpc) is 3.26. The van der Waals surface area contributed by atoms with Crippen molar-refractivity contribution in [1.82, 2.24) is 25.4 Å². The van der Waals surface area contributed by atoms with Gasteiger partial charge >= 0.3 is 0 Å². The molecule has 1 unspecified atom stereocenters. The molecule has 1 aromatic carbocycles. The van der Waals surface area contributed by atoms with Crippen LogP contribution in [0.1, 0.15) is 12.0 Å². The van der Waals surface area contributed by atoms with E-state index in [1.54, 1.807) is 0 Å². The second-order valence-electron chi connectivity index (χ2n) is 5.71. The topological polar surface area (TPSA) is 101 Å². The van der Waals surface area contributed by atoms with Crippen molar-refractivity contribution in [3.8, 4) is 0 Å². The third kappa shape index (κ3) is 5.54. The molecule has 3 N–H and O–H groups in total. The molecular weight excluding hydrogens is 344 g/mol. The van der Waals surface area contributed by atoms with Crippen LogP contribution in [0.2, 0.25) is 0 Å². The van der Waals surface area contributed by atoms with Gasteiger partial charge in [0, 0.05) is 13.1 Å². The molecule has 3 rings (SSSR count). The fourth-order valence-corrected chi connectivity index (χ4v) is 2.52. The lowest BCUT2D eigenvalue weighted by molar-refractivity contribution is -0.122. The Kier molecular flexibility index (Phi) is 6.91. The summed E-state index contributed by atoms with van der Waals surface area (Å²) in [7, 11) is 0. The summed E-state index contributed by atoms with van der Waals surface area (Å²) in [5, 5.41) is 12.7. The van der Waals surface area contributed by atoms with Gasteiger partial charge in [0.15, 0.2) is 0 Å². The van der Waals surface area contributed by atoms with Crippen LogP contribution in [-0.2, 0) is 22.7 Å². The fraction of sp³-hybridized carbons (Fsp3) is 0.375. The van der Waals surface area contributed by atoms with Gasteiger partial charge < -0.3 is 10.6 Å². The van der Waals surface area contributed by atoms with Gasteiger partial charge in [0.2, 0.25) is 17.8 Å². The highest BCUT2D eigenvalue weighted by Crippen LogP contribution is 2.10. The van der Waals surface area contributed by atoms with E-state index in [2.05, 4.69) is 26.0 Å². The van der Waals surface area contributed by atoms with Gasteiger partial charge in [-0.25, -0.2) is 9.67 Å². The third-order valence-electron chi connectivity index (χ3n) is 3.84. The van der Waals surface area contributed by atoms with Gasteiger partial charge in [-0.05, 0) is 18.5 Å². The van der Waals surface area contributed by atoms with Crippen LogP contribution in [0, 0.1) is 5.92 Å². The molecule has 0 radical (unpaired) electrons. The predicted octanol–water partition coefficient (Wildman–Crippen LogP) is 0.564. The smallest absolute Gasteiger partial charge is 0.248 e. The van der Waals surface area contributed by atoms with E-state index in [0.717, 1.165) is 18.5 Å². The standard InChI is InChI=1S/C16H20N6O2.ClH/c23-14(18-8-12-4-2-1-3-5-12)10-22-11-19-16(21-22)20-15(24)13-6-7-17-9-13;/h1-5,11,13,17H,6-10H2,(H,18,23)(H,20,21,24);1H. The van der Waals surface area contributed by atoms with Crippen LogP contribution in [0.5, 0.6) is 0 Å². The van der Waals surface area contributed by atoms with E-state index in [-0.39, 0.29) is 42.6 Å². The van der Waals surface area contributed by atoms with E-state index >= 15 is 0 Å². The van der Waals surface area contributed by atoms with Gasteiger partial charge in [-0.15, -0.1) is 17.5 Å². The van der Waals surface area contributed by atoms with Crippen LogP contribution in [0.4, 0.5) is 5.95 Å². The van der Waals surface area contributed by atoms with Crippen LogP contribution >= 0.6 is 12.4 Å². The summed E-state index contributed by atoms with van der Waals surface area (Å²) in [6, 6.07) is 9.67. The van der Waals surface area contributed by atoms with E-state index in [1.165, 1.54) is 11.0 Å². The zero-order chi connectivity index (χ0) is 16.8. The van der Waals surface area contributed by atoms with Crippen LogP contribution in [-0.4, -0.2) is 39.7 Å². The molecule has 0 bridgehead atoms. The number of hydrogen-bond donors (Lipinski definition) is 3. The number of hydrogen-bond acceptors (Lipinski definition) is 5. The summed E-state index contributed by atoms with van der Waals surface area (Å²) in [6.45, 7) is 2.04. The lowest BCUT2D eigenvalue weighted by atomic mass is 10.1. The highest BCUT2D eigenvalue weighted by molar-refractivity contribution is 5.91. The van der Waals surface area contributed by atoms with E-state index < -0.39 is 0 Å². The molecule has 1 aliphatic rings. The molecule has 25 heavy (non-hydrogen) atoms. The minimum Gasteiger partial charge on any atom is -0.350 e. The molecule has 8 nitrogen and oxygen atoms in total. The molecule has 1 aliphatic heterocycles. The second kappa shape index (κ2) is 9.14. The normalized spacial score (nSPS) is 16.1. The number of aromatic nitrogens is 3. The van der Waals surface area contributed by atoms with Gasteiger partial charge in [-0.3, -0.25) is 14.9 Å². The number of carbonyl (C=O) groups excluding carboxylic acids is 2. The van der Waals surface area contributed by atoms with Crippen LogP contribution in [0.25, 0.3) is 0 Å². The zero-order valence-electron chi connectivity index (χ0n) is 13.6. The number of carbonyl (C=O) groups is 2. The van der Waals surface area contributed by atoms with Crippen LogP contribution < -0.4 is 16.0 Å². The molecule has 0 aliphatic carbocycles. The monoisotopic (exact) mass is 364 g/mol. The minimum absolute atomic E-state index is 0. The molecule has 0 spiro atoms. The van der Waals surface area contributed by atoms with E-state index in [0.29, 0.717) is 13.1 Å². The first-order valence-corrected chi connectivity index (χ1v) is 7.92. The molecule has 2 heterocycles. The first kappa shape index (κ1) is 18.9. The largest absolute Gasteiger partial charge is 0.350 e. The van der Waals surface area contributed by atoms with E-state index in [4.69, 9.17) is 0 Å². The van der Waals surface area contributed by atoms with Gasteiger partial charge in [0.05, 0.1) is 5.92 Å². The highest BCUT2D eigenvalue weighted by atomic mass is 35.5.